The smallest absolute Gasteiger partial charge is 0.416 e. The van der Waals surface area contributed by atoms with Crippen LogP contribution in [0.25, 0.3) is 5.78 Å². The van der Waals surface area contributed by atoms with E-state index in [1.807, 2.05) is 21.6 Å². The van der Waals surface area contributed by atoms with Crippen LogP contribution in [0.3, 0.4) is 0 Å². The van der Waals surface area contributed by atoms with Gasteiger partial charge in [-0.1, -0.05) is 18.5 Å². The van der Waals surface area contributed by atoms with E-state index >= 15 is 0 Å². The molecule has 4 heterocycles. The van der Waals surface area contributed by atoms with Gasteiger partial charge < -0.3 is 29.7 Å². The zero-order valence-electron chi connectivity index (χ0n) is 25.0. The highest BCUT2D eigenvalue weighted by atomic mass is 35.5. The Hall–Kier alpha value is -3.89. The van der Waals surface area contributed by atoms with Crippen LogP contribution in [0, 0.1) is 0 Å². The van der Waals surface area contributed by atoms with Crippen molar-refractivity contribution in [1.82, 2.24) is 29.4 Å². The number of amides is 1. The Kier molecular flexibility index (Phi) is 9.84. The quantitative estimate of drug-likeness (QED) is 0.330. The third kappa shape index (κ3) is 7.17. The van der Waals surface area contributed by atoms with Crippen molar-refractivity contribution in [1.29, 1.82) is 0 Å². The number of halogens is 4. The van der Waals surface area contributed by atoms with Crippen molar-refractivity contribution in [2.75, 3.05) is 80.6 Å². The summed E-state index contributed by atoms with van der Waals surface area (Å²) in [6, 6.07) is 2.70. The Labute approximate surface area is 261 Å². The van der Waals surface area contributed by atoms with E-state index in [0.29, 0.717) is 82.7 Å². The van der Waals surface area contributed by atoms with E-state index in [9.17, 15) is 27.6 Å². The predicted molar refractivity (Wildman–Crippen MR) is 162 cm³/mol. The number of hydrogen-bond acceptors (Lipinski definition) is 10. The molecule has 2 fully saturated rings. The number of nitrogens with zero attached hydrogens (tertiary/aromatic N) is 7. The lowest BCUT2D eigenvalue weighted by molar-refractivity contribution is -0.144. The lowest BCUT2D eigenvalue weighted by Gasteiger charge is -2.33. The summed E-state index contributed by atoms with van der Waals surface area (Å²) in [7, 11) is 0. The largest absolute Gasteiger partial charge is 0.465 e. The number of piperazine rings is 2. The number of ether oxygens (including phenoxy) is 1. The molecule has 2 aliphatic heterocycles. The van der Waals surface area contributed by atoms with Crippen LogP contribution in [-0.2, 0) is 33.5 Å². The average molecular weight is 654 g/mol. The lowest BCUT2D eigenvalue weighted by Crippen LogP contribution is -2.48. The highest BCUT2D eigenvalue weighted by Gasteiger charge is 2.31. The van der Waals surface area contributed by atoms with Crippen LogP contribution >= 0.6 is 11.6 Å². The van der Waals surface area contributed by atoms with Crippen molar-refractivity contribution < 1.29 is 27.5 Å². The van der Waals surface area contributed by atoms with E-state index in [1.54, 1.807) is 11.5 Å². The number of anilines is 3. The first kappa shape index (κ1) is 32.5. The number of fused-ring (bicyclic) bond motifs is 1. The maximum absolute atomic E-state index is 13.9. The fourth-order valence-corrected chi connectivity index (χ4v) is 5.79. The van der Waals surface area contributed by atoms with Crippen molar-refractivity contribution in [2.24, 2.45) is 0 Å². The summed E-state index contributed by atoms with van der Waals surface area (Å²) in [4.78, 5) is 49.7. The van der Waals surface area contributed by atoms with Gasteiger partial charge in [-0.15, -0.1) is 5.10 Å². The van der Waals surface area contributed by atoms with Crippen molar-refractivity contribution >= 4 is 46.6 Å². The zero-order valence-corrected chi connectivity index (χ0v) is 25.7. The molecule has 244 valence electrons. The number of alkyl halides is 3. The molecule has 0 unspecified atom stereocenters. The molecule has 2 N–H and O–H groups in total. The topological polar surface area (TPSA) is 129 Å². The van der Waals surface area contributed by atoms with Crippen LogP contribution in [0.1, 0.15) is 25.1 Å². The normalized spacial score (nSPS) is 16.3. The molecule has 2 aromatic heterocycles. The van der Waals surface area contributed by atoms with Gasteiger partial charge in [-0.2, -0.15) is 22.7 Å². The van der Waals surface area contributed by atoms with Gasteiger partial charge in [-0.25, -0.2) is 0 Å². The molecule has 2 saturated heterocycles. The molecular formula is C28H35ClF3N9O4. The maximum Gasteiger partial charge on any atom is 0.416 e. The highest BCUT2D eigenvalue weighted by Crippen LogP contribution is 2.34. The second-order valence-corrected chi connectivity index (χ2v) is 11.1. The second-order valence-electron chi connectivity index (χ2n) is 10.7. The summed E-state index contributed by atoms with van der Waals surface area (Å²) < 4.78 is 47.2. The fourth-order valence-electron chi connectivity index (χ4n) is 5.56. The van der Waals surface area contributed by atoms with Gasteiger partial charge in [0.25, 0.3) is 5.56 Å². The minimum Gasteiger partial charge on any atom is -0.465 e. The molecule has 0 aliphatic carbocycles. The molecule has 0 radical (unpaired) electrons. The van der Waals surface area contributed by atoms with E-state index in [4.69, 9.17) is 21.3 Å². The van der Waals surface area contributed by atoms with Gasteiger partial charge in [-0.3, -0.25) is 19.3 Å². The van der Waals surface area contributed by atoms with Crippen molar-refractivity contribution in [3.8, 4) is 0 Å². The Bertz CT molecular complexity index is 1610. The predicted octanol–water partition coefficient (Wildman–Crippen LogP) is 1.86. The van der Waals surface area contributed by atoms with Gasteiger partial charge in [0.15, 0.2) is 0 Å². The minimum absolute atomic E-state index is 0.0231. The number of esters is 1. The lowest BCUT2D eigenvalue weighted by atomic mass is 10.2. The minimum atomic E-state index is -4.58. The number of carbonyl (C=O) groups is 2. The van der Waals surface area contributed by atoms with Crippen molar-refractivity contribution in [3.05, 3.63) is 44.8 Å². The van der Waals surface area contributed by atoms with E-state index < -0.39 is 17.6 Å². The first-order valence-corrected chi connectivity index (χ1v) is 15.2. The molecule has 5 rings (SSSR count). The van der Waals surface area contributed by atoms with Crippen molar-refractivity contribution in [2.45, 2.75) is 33.0 Å². The van der Waals surface area contributed by atoms with E-state index in [0.717, 1.165) is 18.2 Å². The Morgan fingerprint density at radius 1 is 1.04 bits per heavy atom. The van der Waals surface area contributed by atoms with Crippen LogP contribution < -0.4 is 26.0 Å². The molecule has 0 atom stereocenters. The molecule has 1 aromatic carbocycles. The number of nitrogens with one attached hydrogen (secondary N) is 2. The monoisotopic (exact) mass is 653 g/mol. The van der Waals surface area contributed by atoms with Gasteiger partial charge >= 0.3 is 12.1 Å². The summed E-state index contributed by atoms with van der Waals surface area (Å²) in [5.74, 6) is -0.395. The molecule has 0 saturated carbocycles. The second kappa shape index (κ2) is 13.6. The van der Waals surface area contributed by atoms with E-state index in [1.165, 1.54) is 4.52 Å². The number of carbonyl (C=O) groups excluding carboxylic acids is 2. The van der Waals surface area contributed by atoms with Crippen LogP contribution in [0.15, 0.2) is 23.0 Å². The van der Waals surface area contributed by atoms with Gasteiger partial charge in [0, 0.05) is 52.4 Å². The SMILES string of the molecule is CCOC(=O)CN1CCN(c2nc3n(CC(=O)Nc4ccc(C(F)(F)F)cc4Cl)c(CC)c(N4CCNCC4)c(=O)n3n2)CC1. The van der Waals surface area contributed by atoms with Crippen molar-refractivity contribution in [3.63, 3.8) is 0 Å². The summed E-state index contributed by atoms with van der Waals surface area (Å²) in [6.07, 6.45) is -4.18. The zero-order chi connectivity index (χ0) is 32.3. The van der Waals surface area contributed by atoms with Gasteiger partial charge in [0.1, 0.15) is 12.2 Å². The third-order valence-corrected chi connectivity index (χ3v) is 8.08. The highest BCUT2D eigenvalue weighted by molar-refractivity contribution is 6.33. The van der Waals surface area contributed by atoms with Gasteiger partial charge in [0.05, 0.1) is 35.1 Å². The molecule has 0 bridgehead atoms. The number of benzene rings is 1. The number of rotatable bonds is 9. The summed E-state index contributed by atoms with van der Waals surface area (Å²) >= 11 is 6.09. The van der Waals surface area contributed by atoms with Crippen LogP contribution in [0.4, 0.5) is 30.5 Å². The summed E-state index contributed by atoms with van der Waals surface area (Å²) in [5, 5.41) is 10.2. The molecule has 13 nitrogen and oxygen atoms in total. The molecule has 2 aliphatic rings. The summed E-state index contributed by atoms with van der Waals surface area (Å²) in [6.45, 7) is 8.44. The average Bonchev–Trinajstić information content (AvgIpc) is 3.46. The summed E-state index contributed by atoms with van der Waals surface area (Å²) in [5.41, 5.74) is -0.260. The van der Waals surface area contributed by atoms with E-state index in [-0.39, 0.29) is 41.1 Å². The maximum atomic E-state index is 13.9. The Morgan fingerprint density at radius 2 is 1.76 bits per heavy atom. The molecule has 45 heavy (non-hydrogen) atoms. The van der Waals surface area contributed by atoms with Crippen LogP contribution in [0.5, 0.6) is 0 Å². The first-order valence-electron chi connectivity index (χ1n) is 14.8. The molecule has 0 spiro atoms. The van der Waals surface area contributed by atoms with E-state index in [2.05, 4.69) is 15.7 Å². The molecule has 17 heteroatoms. The van der Waals surface area contributed by atoms with Crippen LogP contribution in [-0.4, -0.2) is 101 Å². The Morgan fingerprint density at radius 3 is 2.38 bits per heavy atom. The molecular weight excluding hydrogens is 619 g/mol. The third-order valence-electron chi connectivity index (χ3n) is 7.77. The number of hydrogen-bond donors (Lipinski definition) is 2. The molecule has 1 amide bonds. The first-order chi connectivity index (χ1) is 21.5. The van der Waals surface area contributed by atoms with Gasteiger partial charge in [-0.05, 0) is 31.5 Å². The standard InChI is InChI=1S/C28H35ClF3N9O4/c1-3-21-24(38-9-7-33-8-10-38)25(44)41-27(35-26(36-41)39-13-11-37(12-14-39)17-23(43)45-4-2)40(21)16-22(42)34-20-6-5-18(15-19(20)29)28(30,31)32/h5-6,15,33H,3-4,7-14,16-17H2,1-2H3,(H,34,42). The van der Waals surface area contributed by atoms with Gasteiger partial charge in [0.2, 0.25) is 17.6 Å². The fraction of sp³-hybridized carbons (Fsp3) is 0.536. The van der Waals surface area contributed by atoms with Crippen LogP contribution in [0.2, 0.25) is 5.02 Å². The molecule has 3 aromatic rings. The number of aromatic nitrogens is 4. The Balaban J connectivity index is 1.47.